The molecule has 1 unspecified atom stereocenters. The molecule has 0 heterocycles. The summed E-state index contributed by atoms with van der Waals surface area (Å²) in [6.45, 7) is 5.24. The van der Waals surface area contributed by atoms with E-state index in [1.165, 1.54) is 0 Å². The van der Waals surface area contributed by atoms with Crippen LogP contribution in [0, 0.1) is 0 Å². The highest BCUT2D eigenvalue weighted by atomic mass is 16.7. The monoisotopic (exact) mass is 421 g/mol. The molecule has 160 valence electrons. The lowest BCUT2D eigenvalue weighted by Gasteiger charge is -2.18. The van der Waals surface area contributed by atoms with Gasteiger partial charge in [-0.1, -0.05) is 49.0 Å². The average Bonchev–Trinajstić information content (AvgIpc) is 2.78. The van der Waals surface area contributed by atoms with E-state index in [4.69, 9.17) is 18.9 Å². The molecule has 0 saturated carbocycles. The second-order valence-corrected chi connectivity index (χ2v) is 6.41. The van der Waals surface area contributed by atoms with Crippen LogP contribution >= 0.6 is 0 Å². The number of carbonyl (C=O) groups is 2. The quantitative estimate of drug-likeness (QED) is 0.238. The summed E-state index contributed by atoms with van der Waals surface area (Å²) in [5, 5.41) is 4.01. The number of hydrogen-bond donors (Lipinski definition) is 1. The Morgan fingerprint density at radius 3 is 2.32 bits per heavy atom. The van der Waals surface area contributed by atoms with E-state index in [0.29, 0.717) is 22.6 Å². The molecular weight excluding hydrogens is 398 g/mol. The number of esters is 1. The van der Waals surface area contributed by atoms with Crippen molar-refractivity contribution in [3.05, 3.63) is 79.4 Å². The summed E-state index contributed by atoms with van der Waals surface area (Å²) in [7, 11) is 0. The highest BCUT2D eigenvalue weighted by Crippen LogP contribution is 2.33. The van der Waals surface area contributed by atoms with Gasteiger partial charge < -0.3 is 24.3 Å². The smallest absolute Gasteiger partial charge is 0.412 e. The molecule has 31 heavy (non-hydrogen) atoms. The molecule has 3 rings (SSSR count). The van der Waals surface area contributed by atoms with Gasteiger partial charge in [-0.25, -0.2) is 9.59 Å². The fourth-order valence-electron chi connectivity index (χ4n) is 2.84. The zero-order valence-electron chi connectivity index (χ0n) is 17.1. The van der Waals surface area contributed by atoms with E-state index < -0.39 is 18.4 Å². The minimum absolute atomic E-state index is 0.0206. The maximum absolute atomic E-state index is 12.1. The van der Waals surface area contributed by atoms with E-state index >= 15 is 0 Å². The van der Waals surface area contributed by atoms with Crippen molar-refractivity contribution in [3.8, 4) is 17.2 Å². The SMILES string of the molecule is C=CC(=O)OCCNC(=O)Oc1cccc2c(OC(C)Oc3ccccc3)cccc12. The van der Waals surface area contributed by atoms with Gasteiger partial charge in [-0.2, -0.15) is 0 Å². The predicted octanol–water partition coefficient (Wildman–Crippen LogP) is 4.46. The first kappa shape index (κ1) is 21.7. The number of carbonyl (C=O) groups excluding carboxylic acids is 2. The number of benzene rings is 3. The Labute approximate surface area is 180 Å². The summed E-state index contributed by atoms with van der Waals surface area (Å²) < 4.78 is 22.0. The highest BCUT2D eigenvalue weighted by Gasteiger charge is 2.13. The van der Waals surface area contributed by atoms with Gasteiger partial charge in [0.15, 0.2) is 0 Å². The van der Waals surface area contributed by atoms with Crippen LogP contribution in [0.5, 0.6) is 17.2 Å². The van der Waals surface area contributed by atoms with Gasteiger partial charge in [0, 0.05) is 23.8 Å². The van der Waals surface area contributed by atoms with Crippen LogP contribution in [0.3, 0.4) is 0 Å². The highest BCUT2D eigenvalue weighted by molar-refractivity contribution is 5.94. The molecule has 3 aromatic rings. The first-order chi connectivity index (χ1) is 15.1. The molecule has 7 nitrogen and oxygen atoms in total. The lowest BCUT2D eigenvalue weighted by molar-refractivity contribution is -0.137. The third-order valence-corrected chi connectivity index (χ3v) is 4.17. The van der Waals surface area contributed by atoms with Gasteiger partial charge in [0.2, 0.25) is 6.29 Å². The molecule has 0 spiro atoms. The average molecular weight is 421 g/mol. The molecule has 3 aromatic carbocycles. The first-order valence-corrected chi connectivity index (χ1v) is 9.72. The van der Waals surface area contributed by atoms with E-state index in [1.807, 2.05) is 54.6 Å². The Kier molecular flexibility index (Phi) is 7.48. The van der Waals surface area contributed by atoms with Crippen molar-refractivity contribution >= 4 is 22.8 Å². The molecule has 1 amide bonds. The van der Waals surface area contributed by atoms with Gasteiger partial charge in [-0.3, -0.25) is 0 Å². The number of hydrogen-bond acceptors (Lipinski definition) is 6. The van der Waals surface area contributed by atoms with Crippen molar-refractivity contribution in [1.29, 1.82) is 0 Å². The van der Waals surface area contributed by atoms with Gasteiger partial charge in [0.1, 0.15) is 23.9 Å². The van der Waals surface area contributed by atoms with Crippen molar-refractivity contribution in [2.24, 2.45) is 0 Å². The standard InChI is InChI=1S/C24H23NO6/c1-3-23(26)28-16-15-25-24(27)31-22-14-8-11-19-20(22)12-7-13-21(19)30-17(2)29-18-9-5-4-6-10-18/h3-14,17H,1,15-16H2,2H3,(H,25,27). The number of amides is 1. The Hall–Kier alpha value is -4.00. The van der Waals surface area contributed by atoms with Crippen LogP contribution in [0.2, 0.25) is 0 Å². The van der Waals surface area contributed by atoms with Gasteiger partial charge in [-0.05, 0) is 24.3 Å². The van der Waals surface area contributed by atoms with Crippen LogP contribution in [-0.2, 0) is 9.53 Å². The minimum atomic E-state index is -0.658. The normalized spacial score (nSPS) is 11.3. The summed E-state index contributed by atoms with van der Waals surface area (Å²) in [6.07, 6.45) is -0.131. The zero-order chi connectivity index (χ0) is 22.1. The van der Waals surface area contributed by atoms with Crippen LogP contribution in [-0.4, -0.2) is 31.5 Å². The summed E-state index contributed by atoms with van der Waals surface area (Å²) in [5.74, 6) is 1.13. The van der Waals surface area contributed by atoms with Crippen LogP contribution in [0.1, 0.15) is 6.92 Å². The number of fused-ring (bicyclic) bond motifs is 1. The van der Waals surface area contributed by atoms with E-state index in [1.54, 1.807) is 19.1 Å². The zero-order valence-corrected chi connectivity index (χ0v) is 17.1. The van der Waals surface area contributed by atoms with Crippen molar-refractivity contribution in [2.45, 2.75) is 13.2 Å². The van der Waals surface area contributed by atoms with E-state index in [2.05, 4.69) is 11.9 Å². The maximum atomic E-state index is 12.1. The third kappa shape index (κ3) is 6.24. The topological polar surface area (TPSA) is 83.1 Å². The third-order valence-electron chi connectivity index (χ3n) is 4.17. The second-order valence-electron chi connectivity index (χ2n) is 6.41. The molecule has 0 aromatic heterocycles. The molecule has 0 aliphatic rings. The molecule has 0 aliphatic carbocycles. The van der Waals surface area contributed by atoms with Crippen molar-refractivity contribution in [2.75, 3.05) is 13.2 Å². The molecule has 0 saturated heterocycles. The number of nitrogens with one attached hydrogen (secondary N) is 1. The molecular formula is C24H23NO6. The number of para-hydroxylation sites is 1. The summed E-state index contributed by atoms with van der Waals surface area (Å²) in [5.41, 5.74) is 0. The lowest BCUT2D eigenvalue weighted by atomic mass is 10.1. The van der Waals surface area contributed by atoms with E-state index in [9.17, 15) is 9.59 Å². The van der Waals surface area contributed by atoms with Gasteiger partial charge in [-0.15, -0.1) is 0 Å². The van der Waals surface area contributed by atoms with Crippen molar-refractivity contribution in [1.82, 2.24) is 5.32 Å². The van der Waals surface area contributed by atoms with Crippen LogP contribution in [0.15, 0.2) is 79.4 Å². The summed E-state index contributed by atoms with van der Waals surface area (Å²) in [4.78, 5) is 23.1. The molecule has 1 N–H and O–H groups in total. The molecule has 7 heteroatoms. The fraction of sp³-hybridized carbons (Fsp3) is 0.167. The maximum Gasteiger partial charge on any atom is 0.412 e. The first-order valence-electron chi connectivity index (χ1n) is 9.72. The lowest BCUT2D eigenvalue weighted by Crippen LogP contribution is -2.30. The van der Waals surface area contributed by atoms with Crippen LogP contribution in [0.4, 0.5) is 4.79 Å². The Balaban J connectivity index is 1.65. The minimum Gasteiger partial charge on any atom is -0.461 e. The van der Waals surface area contributed by atoms with Gasteiger partial charge in [0.05, 0.1) is 6.54 Å². The number of rotatable bonds is 9. The summed E-state index contributed by atoms with van der Waals surface area (Å²) in [6, 6.07) is 20.2. The molecule has 0 bridgehead atoms. The molecule has 0 aliphatic heterocycles. The Morgan fingerprint density at radius 2 is 1.61 bits per heavy atom. The second kappa shape index (κ2) is 10.7. The largest absolute Gasteiger partial charge is 0.461 e. The van der Waals surface area contributed by atoms with Crippen molar-refractivity contribution in [3.63, 3.8) is 0 Å². The Bertz CT molecular complexity index is 1050. The van der Waals surface area contributed by atoms with Crippen LogP contribution < -0.4 is 19.5 Å². The Morgan fingerprint density at radius 1 is 0.935 bits per heavy atom. The molecule has 0 radical (unpaired) electrons. The van der Waals surface area contributed by atoms with E-state index in [0.717, 1.165) is 11.5 Å². The van der Waals surface area contributed by atoms with Crippen molar-refractivity contribution < 1.29 is 28.5 Å². The molecule has 0 fully saturated rings. The van der Waals surface area contributed by atoms with Gasteiger partial charge >= 0.3 is 12.1 Å². The van der Waals surface area contributed by atoms with E-state index in [-0.39, 0.29) is 13.2 Å². The number of ether oxygens (including phenoxy) is 4. The van der Waals surface area contributed by atoms with Crippen LogP contribution in [0.25, 0.3) is 10.8 Å². The fourth-order valence-corrected chi connectivity index (χ4v) is 2.84. The molecule has 1 atom stereocenters. The summed E-state index contributed by atoms with van der Waals surface area (Å²) >= 11 is 0. The van der Waals surface area contributed by atoms with Gasteiger partial charge in [0.25, 0.3) is 0 Å². The predicted molar refractivity (Wildman–Crippen MR) is 116 cm³/mol.